The fraction of sp³-hybridized carbons (Fsp3) is 0.143. The van der Waals surface area contributed by atoms with Crippen molar-refractivity contribution in [2.24, 2.45) is 0 Å². The molecule has 1 N–H and O–H groups in total. The zero-order valence-corrected chi connectivity index (χ0v) is 14.7. The van der Waals surface area contributed by atoms with Crippen molar-refractivity contribution < 1.29 is 18.6 Å². The fourth-order valence-electron chi connectivity index (χ4n) is 2.53. The topological polar surface area (TPSA) is 39.7 Å². The van der Waals surface area contributed by atoms with E-state index in [2.05, 4.69) is 5.32 Å². The minimum atomic E-state index is -0.338. The van der Waals surface area contributed by atoms with Gasteiger partial charge in [-0.25, -0.2) is 4.39 Å². The molecular weight excluding hydrogens is 333 g/mol. The molecule has 0 amide bonds. The van der Waals surface area contributed by atoms with Crippen LogP contribution in [0.15, 0.2) is 66.7 Å². The van der Waals surface area contributed by atoms with Crippen LogP contribution in [-0.2, 0) is 6.54 Å². The van der Waals surface area contributed by atoms with E-state index in [1.807, 2.05) is 48.5 Å². The van der Waals surface area contributed by atoms with Gasteiger partial charge in [-0.2, -0.15) is 0 Å². The van der Waals surface area contributed by atoms with Crippen molar-refractivity contribution >= 4 is 5.69 Å². The van der Waals surface area contributed by atoms with Gasteiger partial charge < -0.3 is 19.5 Å². The second-order valence-corrected chi connectivity index (χ2v) is 5.59. The summed E-state index contributed by atoms with van der Waals surface area (Å²) in [5.74, 6) is 2.30. The summed E-state index contributed by atoms with van der Waals surface area (Å²) < 4.78 is 30.2. The summed E-state index contributed by atoms with van der Waals surface area (Å²) in [5, 5.41) is 3.22. The Bertz CT molecular complexity index is 868. The van der Waals surface area contributed by atoms with Crippen molar-refractivity contribution in [3.8, 4) is 23.0 Å². The van der Waals surface area contributed by atoms with Gasteiger partial charge in [-0.1, -0.05) is 18.2 Å². The first-order valence-electron chi connectivity index (χ1n) is 8.17. The average Bonchev–Trinajstić information content (AvgIpc) is 2.68. The molecule has 0 unspecified atom stereocenters. The quantitative estimate of drug-likeness (QED) is 0.630. The van der Waals surface area contributed by atoms with Gasteiger partial charge in [0.25, 0.3) is 0 Å². The van der Waals surface area contributed by atoms with E-state index in [4.69, 9.17) is 14.2 Å². The molecule has 0 spiro atoms. The van der Waals surface area contributed by atoms with E-state index in [0.29, 0.717) is 35.2 Å². The van der Waals surface area contributed by atoms with E-state index in [1.165, 1.54) is 12.1 Å². The first-order valence-corrected chi connectivity index (χ1v) is 8.17. The highest BCUT2D eigenvalue weighted by molar-refractivity contribution is 5.58. The van der Waals surface area contributed by atoms with E-state index < -0.39 is 0 Å². The van der Waals surface area contributed by atoms with Crippen molar-refractivity contribution in [3.05, 3.63) is 78.1 Å². The van der Waals surface area contributed by atoms with Crippen LogP contribution in [-0.4, -0.2) is 14.2 Å². The van der Waals surface area contributed by atoms with Crippen LogP contribution in [0.5, 0.6) is 23.0 Å². The Kier molecular flexibility index (Phi) is 5.59. The predicted molar refractivity (Wildman–Crippen MR) is 99.8 cm³/mol. The molecule has 0 heterocycles. The zero-order valence-electron chi connectivity index (χ0n) is 14.7. The van der Waals surface area contributed by atoms with Crippen molar-refractivity contribution in [1.29, 1.82) is 0 Å². The summed E-state index contributed by atoms with van der Waals surface area (Å²) in [6.07, 6.45) is 0. The molecule has 5 heteroatoms. The molecule has 3 aromatic carbocycles. The first kappa shape index (κ1) is 17.6. The number of hydrogen-bond acceptors (Lipinski definition) is 4. The fourth-order valence-corrected chi connectivity index (χ4v) is 2.53. The molecule has 0 aliphatic heterocycles. The maximum Gasteiger partial charge on any atom is 0.150 e. The summed E-state index contributed by atoms with van der Waals surface area (Å²) in [4.78, 5) is 0. The van der Waals surface area contributed by atoms with Gasteiger partial charge in [0.2, 0.25) is 0 Å². The monoisotopic (exact) mass is 353 g/mol. The molecule has 0 saturated heterocycles. The third kappa shape index (κ3) is 4.25. The molecule has 3 aromatic rings. The van der Waals surface area contributed by atoms with Gasteiger partial charge in [-0.3, -0.25) is 0 Å². The Morgan fingerprint density at radius 2 is 1.62 bits per heavy atom. The normalized spacial score (nSPS) is 10.3. The van der Waals surface area contributed by atoms with Crippen LogP contribution < -0.4 is 19.5 Å². The molecule has 134 valence electrons. The lowest BCUT2D eigenvalue weighted by Gasteiger charge is -2.15. The van der Waals surface area contributed by atoms with Gasteiger partial charge in [-0.05, 0) is 36.4 Å². The summed E-state index contributed by atoms with van der Waals surface area (Å²) in [5.41, 5.74) is 1.48. The van der Waals surface area contributed by atoms with E-state index in [-0.39, 0.29) is 5.82 Å². The van der Waals surface area contributed by atoms with E-state index >= 15 is 0 Å². The summed E-state index contributed by atoms with van der Waals surface area (Å²) in [6.45, 7) is 0.446. The van der Waals surface area contributed by atoms with Crippen molar-refractivity contribution in [1.82, 2.24) is 0 Å². The molecule has 0 aromatic heterocycles. The van der Waals surface area contributed by atoms with Crippen LogP contribution in [0.4, 0.5) is 10.1 Å². The average molecular weight is 353 g/mol. The van der Waals surface area contributed by atoms with Gasteiger partial charge in [0.05, 0.1) is 19.9 Å². The number of benzene rings is 3. The number of ether oxygens (including phenoxy) is 3. The Balaban J connectivity index is 1.80. The molecule has 4 nitrogen and oxygen atoms in total. The van der Waals surface area contributed by atoms with Gasteiger partial charge in [0.1, 0.15) is 23.1 Å². The lowest BCUT2D eigenvalue weighted by molar-refractivity contribution is 0.391. The van der Waals surface area contributed by atoms with Gasteiger partial charge in [0.15, 0.2) is 5.75 Å². The van der Waals surface area contributed by atoms with Crippen molar-refractivity contribution in [2.75, 3.05) is 19.5 Å². The zero-order chi connectivity index (χ0) is 18.4. The number of rotatable bonds is 7. The number of hydrogen-bond donors (Lipinski definition) is 1. The van der Waals surface area contributed by atoms with Gasteiger partial charge in [-0.15, -0.1) is 0 Å². The van der Waals surface area contributed by atoms with Gasteiger partial charge >= 0.3 is 0 Å². The lowest BCUT2D eigenvalue weighted by Crippen LogP contribution is -2.04. The number of para-hydroxylation sites is 1. The van der Waals surface area contributed by atoms with E-state index in [1.54, 1.807) is 20.3 Å². The molecule has 0 atom stereocenters. The SMILES string of the molecule is COc1ccc(CNc2cc(F)ccc2Oc2ccccc2)c(OC)c1. The maximum absolute atomic E-state index is 13.7. The first-order chi connectivity index (χ1) is 12.7. The van der Waals surface area contributed by atoms with Crippen LogP contribution in [0.25, 0.3) is 0 Å². The molecule has 0 aliphatic rings. The predicted octanol–water partition coefficient (Wildman–Crippen LogP) is 5.25. The number of anilines is 1. The van der Waals surface area contributed by atoms with E-state index in [0.717, 1.165) is 5.56 Å². The lowest BCUT2D eigenvalue weighted by atomic mass is 10.1. The highest BCUT2D eigenvalue weighted by Crippen LogP contribution is 2.32. The molecule has 3 rings (SSSR count). The Morgan fingerprint density at radius 1 is 0.808 bits per heavy atom. The molecule has 0 aliphatic carbocycles. The third-order valence-corrected chi connectivity index (χ3v) is 3.88. The largest absolute Gasteiger partial charge is 0.497 e. The second kappa shape index (κ2) is 8.25. The number of halogens is 1. The molecular formula is C21H20FNO3. The Labute approximate surface area is 152 Å². The molecule has 0 fully saturated rings. The Hall–Kier alpha value is -3.21. The molecule has 0 radical (unpaired) electrons. The van der Waals surface area contributed by atoms with Crippen molar-refractivity contribution in [3.63, 3.8) is 0 Å². The van der Waals surface area contributed by atoms with E-state index in [9.17, 15) is 4.39 Å². The van der Waals surface area contributed by atoms with Crippen LogP contribution in [0.2, 0.25) is 0 Å². The number of methoxy groups -OCH3 is 2. The Morgan fingerprint density at radius 3 is 2.35 bits per heavy atom. The summed E-state index contributed by atoms with van der Waals surface area (Å²) in [7, 11) is 3.21. The molecule has 26 heavy (non-hydrogen) atoms. The highest BCUT2D eigenvalue weighted by Gasteiger charge is 2.09. The van der Waals surface area contributed by atoms with Crippen LogP contribution in [0.1, 0.15) is 5.56 Å². The van der Waals surface area contributed by atoms with Crippen LogP contribution in [0, 0.1) is 5.82 Å². The smallest absolute Gasteiger partial charge is 0.150 e. The minimum absolute atomic E-state index is 0.338. The summed E-state index contributed by atoms with van der Waals surface area (Å²) >= 11 is 0. The van der Waals surface area contributed by atoms with Gasteiger partial charge in [0, 0.05) is 24.2 Å². The molecule has 0 saturated carbocycles. The highest BCUT2D eigenvalue weighted by atomic mass is 19.1. The van der Waals surface area contributed by atoms with Crippen molar-refractivity contribution in [2.45, 2.75) is 6.54 Å². The van der Waals surface area contributed by atoms with Crippen LogP contribution in [0.3, 0.4) is 0 Å². The maximum atomic E-state index is 13.7. The summed E-state index contributed by atoms with van der Waals surface area (Å²) in [6, 6.07) is 19.3. The second-order valence-electron chi connectivity index (χ2n) is 5.59. The molecule has 0 bridgehead atoms. The van der Waals surface area contributed by atoms with Crippen LogP contribution >= 0.6 is 0 Å². The standard InChI is InChI=1S/C21H20FNO3/c1-24-18-10-8-15(21(13-18)25-2)14-23-19-12-16(22)9-11-20(19)26-17-6-4-3-5-7-17/h3-13,23H,14H2,1-2H3. The number of nitrogens with one attached hydrogen (secondary N) is 1. The third-order valence-electron chi connectivity index (χ3n) is 3.88. The minimum Gasteiger partial charge on any atom is -0.497 e.